The van der Waals surface area contributed by atoms with Crippen LogP contribution in [0.25, 0.3) is 0 Å². The van der Waals surface area contributed by atoms with Crippen molar-refractivity contribution in [2.24, 2.45) is 0 Å². The summed E-state index contributed by atoms with van der Waals surface area (Å²) in [6, 6.07) is 5.76. The van der Waals surface area contributed by atoms with Crippen molar-refractivity contribution in [2.45, 2.75) is 88.8 Å². The fraction of sp³-hybridized carbons (Fsp3) is 0.645. The number of sulfonamides is 1. The Hall–Kier alpha value is -2.61. The van der Waals surface area contributed by atoms with Crippen LogP contribution in [0.5, 0.6) is 0 Å². The van der Waals surface area contributed by atoms with Crippen molar-refractivity contribution in [1.29, 1.82) is 0 Å². The molecule has 13 heteroatoms. The molecule has 0 bridgehead atoms. The van der Waals surface area contributed by atoms with Crippen molar-refractivity contribution < 1.29 is 31.1 Å². The maximum absolute atomic E-state index is 13.5. The maximum atomic E-state index is 13.5. The summed E-state index contributed by atoms with van der Waals surface area (Å²) in [6.45, 7) is 4.84. The summed E-state index contributed by atoms with van der Waals surface area (Å²) in [5, 5.41) is 0. The van der Waals surface area contributed by atoms with Gasteiger partial charge in [-0.1, -0.05) is 12.1 Å². The lowest BCUT2D eigenvalue weighted by atomic mass is 9.97. The third-order valence-electron chi connectivity index (χ3n) is 9.59. The van der Waals surface area contributed by atoms with Crippen LogP contribution in [-0.4, -0.2) is 96.1 Å². The largest absolute Gasteiger partial charge is 0.416 e. The number of halogens is 3. The van der Waals surface area contributed by atoms with Gasteiger partial charge in [-0.2, -0.15) is 13.2 Å². The number of carbonyl (C=O) groups excluding carboxylic acids is 1. The van der Waals surface area contributed by atoms with E-state index in [0.717, 1.165) is 62.5 Å². The van der Waals surface area contributed by atoms with Gasteiger partial charge in [0.2, 0.25) is 10.0 Å². The van der Waals surface area contributed by atoms with Crippen molar-refractivity contribution in [3.05, 3.63) is 58.7 Å². The van der Waals surface area contributed by atoms with Crippen molar-refractivity contribution >= 4 is 15.9 Å². The normalized spacial score (nSPS) is 23.0. The number of ether oxygens (including phenoxy) is 1. The fourth-order valence-electron chi connectivity index (χ4n) is 6.80. The Morgan fingerprint density at radius 1 is 1.05 bits per heavy atom. The first-order chi connectivity index (χ1) is 20.8. The second-order valence-corrected chi connectivity index (χ2v) is 14.4. The Labute approximate surface area is 257 Å². The monoisotopic (exact) mass is 637 g/mol. The van der Waals surface area contributed by atoms with Gasteiger partial charge in [-0.05, 0) is 89.1 Å². The van der Waals surface area contributed by atoms with Crippen molar-refractivity contribution in [3.63, 3.8) is 0 Å². The molecule has 3 aliphatic rings. The van der Waals surface area contributed by atoms with Crippen LogP contribution in [-0.2, 0) is 27.4 Å². The van der Waals surface area contributed by atoms with Gasteiger partial charge in [0.25, 0.3) is 5.91 Å². The molecule has 1 aromatic carbocycles. The number of nitrogens with zero attached hydrogens (tertiary/aromatic N) is 5. The topological polar surface area (TPSA) is 95.9 Å². The number of hydrogen-bond acceptors (Lipinski definition) is 7. The summed E-state index contributed by atoms with van der Waals surface area (Å²) in [5.41, 5.74) is 1.82. The van der Waals surface area contributed by atoms with Gasteiger partial charge in [0.1, 0.15) is 12.0 Å². The number of likely N-dealkylation sites (tertiary alicyclic amines) is 2. The summed E-state index contributed by atoms with van der Waals surface area (Å²) in [6.07, 6.45) is 3.82. The maximum Gasteiger partial charge on any atom is 0.416 e. The minimum Gasteiger partial charge on any atom is -0.370 e. The second-order valence-electron chi connectivity index (χ2n) is 12.3. The van der Waals surface area contributed by atoms with Crippen LogP contribution in [0.2, 0.25) is 0 Å². The minimum atomic E-state index is -4.39. The van der Waals surface area contributed by atoms with Gasteiger partial charge in [0.05, 0.1) is 24.0 Å². The second kappa shape index (κ2) is 13.4. The number of benzene rings is 1. The highest BCUT2D eigenvalue weighted by atomic mass is 32.2. The number of aromatic nitrogens is 2. The number of hydrogen-bond donors (Lipinski definition) is 0. The summed E-state index contributed by atoms with van der Waals surface area (Å²) in [7, 11) is -1.54. The smallest absolute Gasteiger partial charge is 0.370 e. The molecule has 0 aliphatic carbocycles. The van der Waals surface area contributed by atoms with E-state index in [9.17, 15) is 26.4 Å². The first-order valence-corrected chi connectivity index (χ1v) is 17.3. The molecule has 0 spiro atoms. The highest BCUT2D eigenvalue weighted by Crippen LogP contribution is 2.37. The third kappa shape index (κ3) is 7.60. The molecule has 44 heavy (non-hydrogen) atoms. The number of rotatable bonds is 8. The predicted octanol–water partition coefficient (Wildman–Crippen LogP) is 4.62. The molecule has 1 aromatic heterocycles. The highest BCUT2D eigenvalue weighted by Gasteiger charge is 2.35. The van der Waals surface area contributed by atoms with Crippen LogP contribution in [0.15, 0.2) is 30.6 Å². The van der Waals surface area contributed by atoms with Gasteiger partial charge in [0, 0.05) is 43.5 Å². The van der Waals surface area contributed by atoms with E-state index >= 15 is 0 Å². The Morgan fingerprint density at radius 3 is 2.41 bits per heavy atom. The number of piperidine rings is 2. The molecule has 2 atom stereocenters. The van der Waals surface area contributed by atoms with Crippen molar-refractivity contribution in [1.82, 2.24) is 24.1 Å². The number of carbonyl (C=O) groups is 1. The van der Waals surface area contributed by atoms with Gasteiger partial charge < -0.3 is 14.5 Å². The van der Waals surface area contributed by atoms with Crippen LogP contribution >= 0.6 is 0 Å². The lowest BCUT2D eigenvalue weighted by Crippen LogP contribution is -2.52. The standard InChI is InChI=1S/C31H42F3N5O4S/c1-21-27(9-7-26-8-10-28(43-26)22-5-4-6-23(19-22)31(32,33)34)35-20-36-29(21)30(40)39-17-13-25(14-18-39)38-15-11-24(12-16-38)37(2)44(3,41)42/h4-6,19-20,24-26,28H,7-18H2,1-3H3. The molecule has 3 fully saturated rings. The molecular weight excluding hydrogens is 595 g/mol. The van der Waals surface area contributed by atoms with Crippen LogP contribution in [0.1, 0.15) is 83.9 Å². The zero-order valence-corrected chi connectivity index (χ0v) is 26.4. The first kappa shape index (κ1) is 32.8. The molecule has 0 N–H and O–H groups in total. The quantitative estimate of drug-likeness (QED) is 0.417. The highest BCUT2D eigenvalue weighted by molar-refractivity contribution is 7.88. The summed E-state index contributed by atoms with van der Waals surface area (Å²) < 4.78 is 70.8. The van der Waals surface area contributed by atoms with Crippen LogP contribution in [0.3, 0.4) is 0 Å². The third-order valence-corrected chi connectivity index (χ3v) is 10.9. The van der Waals surface area contributed by atoms with Gasteiger partial charge in [-0.3, -0.25) is 4.79 Å². The van der Waals surface area contributed by atoms with E-state index < -0.39 is 21.8 Å². The first-order valence-electron chi connectivity index (χ1n) is 15.4. The summed E-state index contributed by atoms with van der Waals surface area (Å²) in [4.78, 5) is 26.6. The van der Waals surface area contributed by atoms with Crippen molar-refractivity contribution in [2.75, 3.05) is 39.5 Å². The van der Waals surface area contributed by atoms with Crippen LogP contribution in [0.4, 0.5) is 13.2 Å². The fourth-order valence-corrected chi connectivity index (χ4v) is 7.55. The van der Waals surface area contributed by atoms with Crippen molar-refractivity contribution in [3.8, 4) is 0 Å². The molecule has 2 aromatic rings. The van der Waals surface area contributed by atoms with E-state index in [2.05, 4.69) is 14.9 Å². The molecule has 4 heterocycles. The molecule has 3 aliphatic heterocycles. The molecule has 242 valence electrons. The number of amides is 1. The Bertz CT molecular complexity index is 1420. The molecule has 2 unspecified atom stereocenters. The van der Waals surface area contributed by atoms with Crippen LogP contribution < -0.4 is 0 Å². The Kier molecular flexibility index (Phi) is 9.98. The zero-order valence-electron chi connectivity index (χ0n) is 25.6. The number of alkyl halides is 3. The predicted molar refractivity (Wildman–Crippen MR) is 160 cm³/mol. The molecule has 3 saturated heterocycles. The van der Waals surface area contributed by atoms with E-state index in [1.165, 1.54) is 29.0 Å². The van der Waals surface area contributed by atoms with Gasteiger partial charge in [0.15, 0.2) is 0 Å². The number of aryl methyl sites for hydroxylation is 1. The molecule has 1 amide bonds. The minimum absolute atomic E-state index is 0.0369. The molecule has 5 rings (SSSR count). The lowest BCUT2D eigenvalue weighted by Gasteiger charge is -2.43. The van der Waals surface area contributed by atoms with Crippen LogP contribution in [0, 0.1) is 6.92 Å². The summed E-state index contributed by atoms with van der Waals surface area (Å²) in [5.74, 6) is -0.0974. The average Bonchev–Trinajstić information content (AvgIpc) is 3.48. The molecule has 9 nitrogen and oxygen atoms in total. The summed E-state index contributed by atoms with van der Waals surface area (Å²) >= 11 is 0. The SMILES string of the molecule is Cc1c(CCC2CCC(c3cccc(C(F)(F)F)c3)O2)ncnc1C(=O)N1CCC(N2CCC(N(C)S(C)(=O)=O)CC2)CC1. The van der Waals surface area contributed by atoms with E-state index in [4.69, 9.17) is 4.74 Å². The van der Waals surface area contributed by atoms with Gasteiger partial charge in [-0.15, -0.1) is 0 Å². The molecule has 0 radical (unpaired) electrons. The Morgan fingerprint density at radius 2 is 1.75 bits per heavy atom. The van der Waals surface area contributed by atoms with Gasteiger partial charge in [-0.25, -0.2) is 22.7 Å². The lowest BCUT2D eigenvalue weighted by molar-refractivity contribution is -0.137. The van der Waals surface area contributed by atoms with E-state index in [1.54, 1.807) is 13.1 Å². The van der Waals surface area contributed by atoms with Gasteiger partial charge >= 0.3 is 6.18 Å². The Balaban J connectivity index is 1.11. The molecule has 0 saturated carbocycles. The van der Waals surface area contributed by atoms with E-state index in [0.29, 0.717) is 49.7 Å². The van der Waals surface area contributed by atoms with E-state index in [1.807, 2.05) is 11.8 Å². The van der Waals surface area contributed by atoms with E-state index in [-0.39, 0.29) is 24.2 Å². The molecular formula is C31H42F3N5O4S. The zero-order chi connectivity index (χ0) is 31.6. The average molecular weight is 638 g/mol.